The summed E-state index contributed by atoms with van der Waals surface area (Å²) in [4.78, 5) is 14.4. The Bertz CT molecular complexity index is 616. The highest BCUT2D eigenvalue weighted by molar-refractivity contribution is 5.96. The molecule has 0 atom stereocenters. The van der Waals surface area contributed by atoms with Gasteiger partial charge in [-0.1, -0.05) is 24.3 Å². The van der Waals surface area contributed by atoms with Crippen molar-refractivity contribution in [2.45, 2.75) is 26.7 Å². The van der Waals surface area contributed by atoms with Crippen molar-refractivity contribution < 1.29 is 9.90 Å². The standard InChI is InChI=1S/C19H23NO2/c1-3-20(4-2)17-11-8-15(9-12-17)10-13-19(22)16-6-5-7-18(21)14-16/h5-9,11-12,14,21H,3-4,10,13H2,1-2H3. The van der Waals surface area contributed by atoms with Gasteiger partial charge in [0.15, 0.2) is 5.78 Å². The van der Waals surface area contributed by atoms with Crippen LogP contribution in [0.2, 0.25) is 0 Å². The number of rotatable bonds is 7. The first-order chi connectivity index (χ1) is 10.6. The molecule has 0 unspecified atom stereocenters. The van der Waals surface area contributed by atoms with Crippen LogP contribution >= 0.6 is 0 Å². The van der Waals surface area contributed by atoms with Crippen LogP contribution in [-0.4, -0.2) is 24.0 Å². The van der Waals surface area contributed by atoms with Crippen LogP contribution in [0.25, 0.3) is 0 Å². The van der Waals surface area contributed by atoms with Gasteiger partial charge in [-0.15, -0.1) is 0 Å². The zero-order valence-electron chi connectivity index (χ0n) is 13.2. The van der Waals surface area contributed by atoms with Gasteiger partial charge >= 0.3 is 0 Å². The first-order valence-corrected chi connectivity index (χ1v) is 7.80. The van der Waals surface area contributed by atoms with Gasteiger partial charge in [0.05, 0.1) is 0 Å². The maximum absolute atomic E-state index is 12.1. The molecule has 0 radical (unpaired) electrons. The third-order valence-corrected chi connectivity index (χ3v) is 3.87. The Morgan fingerprint density at radius 1 is 1.05 bits per heavy atom. The van der Waals surface area contributed by atoms with E-state index in [0.29, 0.717) is 18.4 Å². The molecule has 0 bridgehead atoms. The third kappa shape index (κ3) is 4.10. The lowest BCUT2D eigenvalue weighted by Crippen LogP contribution is -2.21. The summed E-state index contributed by atoms with van der Waals surface area (Å²) >= 11 is 0. The van der Waals surface area contributed by atoms with Gasteiger partial charge in [0.1, 0.15) is 5.75 Å². The molecule has 3 heteroatoms. The number of carbonyl (C=O) groups excluding carboxylic acids is 1. The van der Waals surface area contributed by atoms with Gasteiger partial charge in [-0.2, -0.15) is 0 Å². The Morgan fingerprint density at radius 3 is 2.32 bits per heavy atom. The number of Topliss-reactive ketones (excluding diaryl/α,β-unsaturated/α-hetero) is 1. The van der Waals surface area contributed by atoms with E-state index in [9.17, 15) is 9.90 Å². The Balaban J connectivity index is 1.95. The number of hydrogen-bond acceptors (Lipinski definition) is 3. The molecule has 0 aliphatic carbocycles. The number of aromatic hydroxyl groups is 1. The predicted molar refractivity (Wildman–Crippen MR) is 90.8 cm³/mol. The topological polar surface area (TPSA) is 40.5 Å². The minimum atomic E-state index is 0.0590. The molecule has 0 spiro atoms. The van der Waals surface area contributed by atoms with Crippen molar-refractivity contribution in [3.05, 3.63) is 59.7 Å². The van der Waals surface area contributed by atoms with Crippen LogP contribution in [0.3, 0.4) is 0 Å². The molecule has 0 saturated heterocycles. The lowest BCUT2D eigenvalue weighted by atomic mass is 10.0. The summed E-state index contributed by atoms with van der Waals surface area (Å²) in [6.07, 6.45) is 1.17. The molecule has 2 rings (SSSR count). The quantitative estimate of drug-likeness (QED) is 0.784. The van der Waals surface area contributed by atoms with Crippen molar-refractivity contribution in [3.63, 3.8) is 0 Å². The Kier molecular flexibility index (Phi) is 5.59. The molecule has 116 valence electrons. The fourth-order valence-electron chi connectivity index (χ4n) is 2.54. The van der Waals surface area contributed by atoms with Crippen LogP contribution in [0.15, 0.2) is 48.5 Å². The zero-order valence-corrected chi connectivity index (χ0v) is 13.2. The maximum Gasteiger partial charge on any atom is 0.163 e. The lowest BCUT2D eigenvalue weighted by molar-refractivity contribution is 0.0982. The van der Waals surface area contributed by atoms with E-state index in [1.54, 1.807) is 18.2 Å². The zero-order chi connectivity index (χ0) is 15.9. The number of phenolic OH excluding ortho intramolecular Hbond substituents is 1. The van der Waals surface area contributed by atoms with Crippen molar-refractivity contribution in [1.82, 2.24) is 0 Å². The van der Waals surface area contributed by atoms with Crippen LogP contribution in [-0.2, 0) is 6.42 Å². The predicted octanol–water partition coefficient (Wildman–Crippen LogP) is 4.05. The molecule has 2 aromatic rings. The molecule has 22 heavy (non-hydrogen) atoms. The molecular weight excluding hydrogens is 274 g/mol. The molecule has 0 saturated carbocycles. The monoisotopic (exact) mass is 297 g/mol. The van der Waals surface area contributed by atoms with Crippen LogP contribution in [0.4, 0.5) is 5.69 Å². The molecule has 1 N–H and O–H groups in total. The summed E-state index contributed by atoms with van der Waals surface area (Å²) in [5.41, 5.74) is 2.94. The highest BCUT2D eigenvalue weighted by atomic mass is 16.3. The van der Waals surface area contributed by atoms with Crippen LogP contribution in [0.1, 0.15) is 36.2 Å². The molecule has 2 aromatic carbocycles. The fourth-order valence-corrected chi connectivity index (χ4v) is 2.54. The van der Waals surface area contributed by atoms with E-state index in [0.717, 1.165) is 18.7 Å². The van der Waals surface area contributed by atoms with E-state index >= 15 is 0 Å². The Hall–Kier alpha value is -2.29. The van der Waals surface area contributed by atoms with Gasteiger partial charge in [-0.3, -0.25) is 4.79 Å². The summed E-state index contributed by atoms with van der Waals surface area (Å²) < 4.78 is 0. The highest BCUT2D eigenvalue weighted by Gasteiger charge is 2.07. The van der Waals surface area contributed by atoms with Gasteiger partial charge in [0.2, 0.25) is 0 Å². The average molecular weight is 297 g/mol. The molecule has 3 nitrogen and oxygen atoms in total. The van der Waals surface area contributed by atoms with E-state index in [2.05, 4.69) is 43.0 Å². The third-order valence-electron chi connectivity index (χ3n) is 3.87. The first-order valence-electron chi connectivity index (χ1n) is 7.80. The normalized spacial score (nSPS) is 10.5. The molecule has 0 fully saturated rings. The SMILES string of the molecule is CCN(CC)c1ccc(CCC(=O)c2cccc(O)c2)cc1. The number of phenols is 1. The largest absolute Gasteiger partial charge is 0.508 e. The number of anilines is 1. The minimum absolute atomic E-state index is 0.0590. The van der Waals surface area contributed by atoms with E-state index < -0.39 is 0 Å². The van der Waals surface area contributed by atoms with Crippen molar-refractivity contribution in [2.24, 2.45) is 0 Å². The summed E-state index contributed by atoms with van der Waals surface area (Å²) in [6.45, 7) is 6.27. The fraction of sp³-hybridized carbons (Fsp3) is 0.316. The van der Waals surface area contributed by atoms with Gasteiger partial charge in [0, 0.05) is 30.8 Å². The number of carbonyl (C=O) groups is 1. The molecule has 0 heterocycles. The second-order valence-corrected chi connectivity index (χ2v) is 5.31. The molecule has 0 aliphatic rings. The molecule has 0 aliphatic heterocycles. The van der Waals surface area contributed by atoms with Crippen molar-refractivity contribution >= 4 is 11.5 Å². The molecule has 0 aromatic heterocycles. The summed E-state index contributed by atoms with van der Waals surface area (Å²) in [5.74, 6) is 0.193. The Morgan fingerprint density at radius 2 is 1.73 bits per heavy atom. The maximum atomic E-state index is 12.1. The van der Waals surface area contributed by atoms with E-state index in [4.69, 9.17) is 0 Å². The van der Waals surface area contributed by atoms with Gasteiger partial charge in [-0.05, 0) is 50.1 Å². The van der Waals surface area contributed by atoms with Crippen molar-refractivity contribution in [3.8, 4) is 5.75 Å². The van der Waals surface area contributed by atoms with Gasteiger partial charge < -0.3 is 10.0 Å². The van der Waals surface area contributed by atoms with E-state index in [-0.39, 0.29) is 11.5 Å². The van der Waals surface area contributed by atoms with Crippen LogP contribution in [0.5, 0.6) is 5.75 Å². The second kappa shape index (κ2) is 7.64. The van der Waals surface area contributed by atoms with Crippen molar-refractivity contribution in [1.29, 1.82) is 0 Å². The summed E-state index contributed by atoms with van der Waals surface area (Å²) in [7, 11) is 0. The highest BCUT2D eigenvalue weighted by Crippen LogP contribution is 2.17. The average Bonchev–Trinajstić information content (AvgIpc) is 2.55. The summed E-state index contributed by atoms with van der Waals surface area (Å²) in [6, 6.07) is 14.9. The van der Waals surface area contributed by atoms with Crippen LogP contribution < -0.4 is 4.90 Å². The Labute approximate surface area is 132 Å². The number of aryl methyl sites for hydroxylation is 1. The number of ketones is 1. The number of benzene rings is 2. The number of hydrogen-bond donors (Lipinski definition) is 1. The smallest absolute Gasteiger partial charge is 0.163 e. The van der Waals surface area contributed by atoms with Gasteiger partial charge in [-0.25, -0.2) is 0 Å². The lowest BCUT2D eigenvalue weighted by Gasteiger charge is -2.21. The van der Waals surface area contributed by atoms with E-state index in [1.165, 1.54) is 11.8 Å². The molecular formula is C19H23NO2. The van der Waals surface area contributed by atoms with Gasteiger partial charge in [0.25, 0.3) is 0 Å². The second-order valence-electron chi connectivity index (χ2n) is 5.31. The minimum Gasteiger partial charge on any atom is -0.508 e. The molecule has 0 amide bonds. The van der Waals surface area contributed by atoms with E-state index in [1.807, 2.05) is 0 Å². The van der Waals surface area contributed by atoms with Crippen molar-refractivity contribution in [2.75, 3.05) is 18.0 Å². The number of nitrogens with zero attached hydrogens (tertiary/aromatic N) is 1. The van der Waals surface area contributed by atoms with Crippen LogP contribution in [0, 0.1) is 0 Å². The summed E-state index contributed by atoms with van der Waals surface area (Å²) in [5, 5.41) is 9.42. The first kappa shape index (κ1) is 16.1.